The minimum atomic E-state index is -0.181. The lowest BCUT2D eigenvalue weighted by Gasteiger charge is -2.07. The van der Waals surface area contributed by atoms with Gasteiger partial charge in [0.25, 0.3) is 5.91 Å². The number of amides is 1. The normalized spacial score (nSPS) is 10.3. The second-order valence-electron chi connectivity index (χ2n) is 3.90. The zero-order valence-corrected chi connectivity index (χ0v) is 12.5. The van der Waals surface area contributed by atoms with Crippen LogP contribution in [-0.4, -0.2) is 15.9 Å². The van der Waals surface area contributed by atoms with E-state index in [4.69, 9.17) is 11.6 Å². The summed E-state index contributed by atoms with van der Waals surface area (Å²) in [4.78, 5) is 20.2. The topological polar surface area (TPSA) is 54.9 Å². The molecule has 98 valence electrons. The summed E-state index contributed by atoms with van der Waals surface area (Å²) in [5, 5.41) is 3.38. The van der Waals surface area contributed by atoms with E-state index in [1.165, 1.54) is 0 Å². The number of aryl methyl sites for hydroxylation is 1. The van der Waals surface area contributed by atoms with Crippen molar-refractivity contribution in [2.24, 2.45) is 0 Å². The van der Waals surface area contributed by atoms with E-state index in [0.29, 0.717) is 27.4 Å². The highest BCUT2D eigenvalue weighted by molar-refractivity contribution is 9.10. The van der Waals surface area contributed by atoms with Crippen molar-refractivity contribution < 1.29 is 4.79 Å². The highest BCUT2D eigenvalue weighted by atomic mass is 79.9. The van der Waals surface area contributed by atoms with Crippen LogP contribution in [0.4, 0.5) is 0 Å². The van der Waals surface area contributed by atoms with Crippen LogP contribution >= 0.6 is 27.5 Å². The highest BCUT2D eigenvalue weighted by Crippen LogP contribution is 2.21. The van der Waals surface area contributed by atoms with E-state index < -0.39 is 0 Å². The van der Waals surface area contributed by atoms with Crippen molar-refractivity contribution in [3.8, 4) is 0 Å². The Balaban J connectivity index is 2.05. The molecular weight excluding hydrogens is 330 g/mol. The van der Waals surface area contributed by atoms with Crippen LogP contribution in [-0.2, 0) is 6.54 Å². The van der Waals surface area contributed by atoms with Crippen LogP contribution in [0.2, 0.25) is 5.02 Å². The predicted molar refractivity (Wildman–Crippen MR) is 77.1 cm³/mol. The molecule has 0 aliphatic rings. The van der Waals surface area contributed by atoms with Crippen LogP contribution in [0, 0.1) is 6.92 Å². The summed E-state index contributed by atoms with van der Waals surface area (Å²) in [5.41, 5.74) is 1.31. The molecule has 1 amide bonds. The van der Waals surface area contributed by atoms with E-state index in [-0.39, 0.29) is 5.91 Å². The van der Waals surface area contributed by atoms with E-state index in [0.717, 1.165) is 5.69 Å². The van der Waals surface area contributed by atoms with Crippen molar-refractivity contribution in [2.45, 2.75) is 13.5 Å². The van der Waals surface area contributed by atoms with Crippen molar-refractivity contribution in [3.05, 3.63) is 57.0 Å². The van der Waals surface area contributed by atoms with Crippen LogP contribution in [0.15, 0.2) is 34.9 Å². The van der Waals surface area contributed by atoms with Crippen molar-refractivity contribution in [2.75, 3.05) is 0 Å². The molecule has 0 radical (unpaired) electrons. The van der Waals surface area contributed by atoms with Gasteiger partial charge in [0.05, 0.1) is 17.8 Å². The van der Waals surface area contributed by atoms with Gasteiger partial charge in [-0.15, -0.1) is 0 Å². The molecule has 0 atom stereocenters. The molecule has 4 nitrogen and oxygen atoms in total. The van der Waals surface area contributed by atoms with Gasteiger partial charge in [0.2, 0.25) is 0 Å². The molecule has 0 bridgehead atoms. The molecule has 0 aliphatic carbocycles. The number of aromatic nitrogens is 2. The number of hydrogen-bond acceptors (Lipinski definition) is 3. The molecule has 0 unspecified atom stereocenters. The Morgan fingerprint density at radius 3 is 2.89 bits per heavy atom. The Morgan fingerprint density at radius 1 is 1.42 bits per heavy atom. The van der Waals surface area contributed by atoms with Gasteiger partial charge in [-0.3, -0.25) is 4.79 Å². The van der Waals surface area contributed by atoms with Crippen LogP contribution in [0.1, 0.15) is 21.9 Å². The van der Waals surface area contributed by atoms with Gasteiger partial charge in [-0.2, -0.15) is 0 Å². The second-order valence-corrected chi connectivity index (χ2v) is 5.19. The number of nitrogens with one attached hydrogen (secondary N) is 1. The first-order chi connectivity index (χ1) is 9.06. The fraction of sp³-hybridized carbons (Fsp3) is 0.154. The van der Waals surface area contributed by atoms with Gasteiger partial charge < -0.3 is 5.32 Å². The number of rotatable bonds is 3. The summed E-state index contributed by atoms with van der Waals surface area (Å²) in [6.07, 6.45) is 1.67. The average Bonchev–Trinajstić information content (AvgIpc) is 2.36. The fourth-order valence-electron chi connectivity index (χ4n) is 1.54. The number of benzene rings is 1. The smallest absolute Gasteiger partial charge is 0.252 e. The summed E-state index contributed by atoms with van der Waals surface area (Å²) in [6.45, 7) is 2.17. The van der Waals surface area contributed by atoms with E-state index >= 15 is 0 Å². The maximum absolute atomic E-state index is 12.0. The molecule has 1 aromatic carbocycles. The fourth-order valence-corrected chi connectivity index (χ4v) is 2.41. The first-order valence-electron chi connectivity index (χ1n) is 5.58. The Labute approximate surface area is 124 Å². The molecule has 0 aliphatic heterocycles. The molecule has 6 heteroatoms. The largest absolute Gasteiger partial charge is 0.346 e. The Morgan fingerprint density at radius 2 is 2.21 bits per heavy atom. The predicted octanol–water partition coefficient (Wildman–Crippen LogP) is 3.13. The van der Waals surface area contributed by atoms with E-state index in [2.05, 4.69) is 31.2 Å². The van der Waals surface area contributed by atoms with Gasteiger partial charge in [0.1, 0.15) is 5.82 Å². The average molecular weight is 341 g/mol. The van der Waals surface area contributed by atoms with Crippen LogP contribution < -0.4 is 5.32 Å². The van der Waals surface area contributed by atoms with Crippen molar-refractivity contribution in [3.63, 3.8) is 0 Å². The van der Waals surface area contributed by atoms with Gasteiger partial charge in [-0.1, -0.05) is 11.6 Å². The first kappa shape index (κ1) is 14.0. The standard InChI is InChI=1S/C13H11BrClN3O/c1-8-16-5-4-10(18-8)7-17-13(19)11-3-2-9(15)6-12(11)14/h2-6H,7H2,1H3,(H,17,19). The lowest BCUT2D eigenvalue weighted by Crippen LogP contribution is -2.23. The molecule has 1 heterocycles. The summed E-state index contributed by atoms with van der Waals surface area (Å²) < 4.78 is 0.663. The Kier molecular flexibility index (Phi) is 4.50. The molecule has 1 aromatic heterocycles. The van der Waals surface area contributed by atoms with Gasteiger partial charge in [0.15, 0.2) is 0 Å². The molecule has 0 saturated carbocycles. The van der Waals surface area contributed by atoms with Crippen LogP contribution in [0.25, 0.3) is 0 Å². The summed E-state index contributed by atoms with van der Waals surface area (Å²) in [7, 11) is 0. The summed E-state index contributed by atoms with van der Waals surface area (Å²) in [6, 6.07) is 6.80. The van der Waals surface area contributed by atoms with E-state index in [1.807, 2.05) is 0 Å². The van der Waals surface area contributed by atoms with Crippen molar-refractivity contribution in [1.82, 2.24) is 15.3 Å². The van der Waals surface area contributed by atoms with Crippen LogP contribution in [0.3, 0.4) is 0 Å². The molecular formula is C13H11BrClN3O. The van der Waals surface area contributed by atoms with Gasteiger partial charge >= 0.3 is 0 Å². The molecule has 19 heavy (non-hydrogen) atoms. The quantitative estimate of drug-likeness (QED) is 0.934. The maximum Gasteiger partial charge on any atom is 0.252 e. The number of carbonyl (C=O) groups is 1. The zero-order valence-electron chi connectivity index (χ0n) is 10.2. The monoisotopic (exact) mass is 339 g/mol. The molecule has 2 rings (SSSR count). The van der Waals surface area contributed by atoms with Gasteiger partial charge in [-0.05, 0) is 47.1 Å². The minimum Gasteiger partial charge on any atom is -0.346 e. The molecule has 0 fully saturated rings. The molecule has 0 spiro atoms. The lowest BCUT2D eigenvalue weighted by molar-refractivity contribution is 0.0949. The summed E-state index contributed by atoms with van der Waals surface area (Å²) >= 11 is 9.15. The number of halogens is 2. The second kappa shape index (κ2) is 6.12. The molecule has 0 saturated heterocycles. The third kappa shape index (κ3) is 3.75. The maximum atomic E-state index is 12.0. The molecule has 2 aromatic rings. The van der Waals surface area contributed by atoms with Gasteiger partial charge in [-0.25, -0.2) is 9.97 Å². The Bertz CT molecular complexity index is 619. The third-order valence-electron chi connectivity index (χ3n) is 2.44. The van der Waals surface area contributed by atoms with E-state index in [9.17, 15) is 4.79 Å². The van der Waals surface area contributed by atoms with E-state index in [1.54, 1.807) is 37.4 Å². The van der Waals surface area contributed by atoms with Gasteiger partial charge in [0, 0.05) is 15.7 Å². The summed E-state index contributed by atoms with van der Waals surface area (Å²) in [5.74, 6) is 0.499. The minimum absolute atomic E-state index is 0.181. The van der Waals surface area contributed by atoms with Crippen molar-refractivity contribution in [1.29, 1.82) is 0 Å². The number of hydrogen-bond donors (Lipinski definition) is 1. The van der Waals surface area contributed by atoms with Crippen molar-refractivity contribution >= 4 is 33.4 Å². The number of carbonyl (C=O) groups excluding carboxylic acids is 1. The first-order valence-corrected chi connectivity index (χ1v) is 6.75. The Hall–Kier alpha value is -1.46. The highest BCUT2D eigenvalue weighted by Gasteiger charge is 2.10. The number of nitrogens with zero attached hydrogens (tertiary/aromatic N) is 2. The van der Waals surface area contributed by atoms with Crippen LogP contribution in [0.5, 0.6) is 0 Å². The SMILES string of the molecule is Cc1nccc(CNC(=O)c2ccc(Cl)cc2Br)n1. The molecule has 1 N–H and O–H groups in total. The third-order valence-corrected chi connectivity index (χ3v) is 3.33. The lowest BCUT2D eigenvalue weighted by atomic mass is 10.2. The zero-order chi connectivity index (χ0) is 13.8.